The molecule has 0 N–H and O–H groups in total. The van der Waals surface area contributed by atoms with Crippen LogP contribution < -0.4 is 4.90 Å². The molecule has 0 saturated carbocycles. The second-order valence-electron chi connectivity index (χ2n) is 4.48. The molecule has 0 radical (unpaired) electrons. The van der Waals surface area contributed by atoms with E-state index in [0.717, 1.165) is 40.1 Å². The van der Waals surface area contributed by atoms with E-state index in [1.54, 1.807) is 36.5 Å². The molecule has 0 aromatic carbocycles. The molecule has 0 spiro atoms. The van der Waals surface area contributed by atoms with Gasteiger partial charge in [-0.25, -0.2) is 15.0 Å². The number of methoxy groups -OCH3 is 1. The summed E-state index contributed by atoms with van der Waals surface area (Å²) in [6.45, 7) is 1.78. The van der Waals surface area contributed by atoms with Gasteiger partial charge in [0.15, 0.2) is 15.8 Å². The number of anilines is 1. The highest BCUT2D eigenvalue weighted by molar-refractivity contribution is 8.00. The SMILES string of the molecule is COCC1CCCN1c1ncnc2nc(SC)sc12. The molecular weight excluding hydrogens is 280 g/mol. The minimum atomic E-state index is 0.419. The van der Waals surface area contributed by atoms with Gasteiger partial charge in [0.2, 0.25) is 0 Å². The van der Waals surface area contributed by atoms with Gasteiger partial charge in [-0.1, -0.05) is 11.8 Å². The Hall–Kier alpha value is -0.920. The van der Waals surface area contributed by atoms with Crippen LogP contribution in [0.4, 0.5) is 5.82 Å². The molecule has 102 valence electrons. The maximum absolute atomic E-state index is 5.31. The van der Waals surface area contributed by atoms with Crippen molar-refractivity contribution in [1.82, 2.24) is 15.0 Å². The van der Waals surface area contributed by atoms with Gasteiger partial charge in [0.05, 0.1) is 12.6 Å². The Bertz CT molecular complexity index is 574. The van der Waals surface area contributed by atoms with Crippen LogP contribution in [0.3, 0.4) is 0 Å². The Kier molecular flexibility index (Phi) is 3.86. The average molecular weight is 296 g/mol. The summed E-state index contributed by atoms with van der Waals surface area (Å²) in [5.74, 6) is 1.02. The topological polar surface area (TPSA) is 51.1 Å². The number of ether oxygens (including phenoxy) is 1. The van der Waals surface area contributed by atoms with Crippen LogP contribution in [-0.2, 0) is 4.74 Å². The van der Waals surface area contributed by atoms with Gasteiger partial charge in [-0.2, -0.15) is 0 Å². The Balaban J connectivity index is 2.01. The molecule has 19 heavy (non-hydrogen) atoms. The van der Waals surface area contributed by atoms with Crippen LogP contribution in [0.5, 0.6) is 0 Å². The largest absolute Gasteiger partial charge is 0.383 e. The molecule has 1 saturated heterocycles. The molecule has 0 aliphatic carbocycles. The summed E-state index contributed by atoms with van der Waals surface area (Å²) in [6, 6.07) is 0.419. The Morgan fingerprint density at radius 1 is 1.53 bits per heavy atom. The second-order valence-corrected chi connectivity index (χ2v) is 6.53. The molecular formula is C12H16N4OS2. The summed E-state index contributed by atoms with van der Waals surface area (Å²) in [7, 11) is 1.75. The van der Waals surface area contributed by atoms with Gasteiger partial charge in [0, 0.05) is 13.7 Å². The van der Waals surface area contributed by atoms with Crippen molar-refractivity contribution >= 4 is 39.3 Å². The molecule has 1 fully saturated rings. The minimum Gasteiger partial charge on any atom is -0.383 e. The van der Waals surface area contributed by atoms with Crippen molar-refractivity contribution in [3.05, 3.63) is 6.33 Å². The molecule has 1 aliphatic heterocycles. The highest BCUT2D eigenvalue weighted by Gasteiger charge is 2.27. The van der Waals surface area contributed by atoms with Gasteiger partial charge in [-0.3, -0.25) is 0 Å². The fourth-order valence-corrected chi connectivity index (χ4v) is 4.01. The molecule has 1 aliphatic rings. The van der Waals surface area contributed by atoms with E-state index in [9.17, 15) is 0 Å². The van der Waals surface area contributed by atoms with E-state index in [1.807, 2.05) is 6.26 Å². The normalized spacial score (nSPS) is 19.5. The lowest BCUT2D eigenvalue weighted by Gasteiger charge is -2.25. The third-order valence-corrected chi connectivity index (χ3v) is 5.36. The van der Waals surface area contributed by atoms with Crippen LogP contribution in [0.1, 0.15) is 12.8 Å². The first-order valence-corrected chi connectivity index (χ1v) is 8.28. The fraction of sp³-hybridized carbons (Fsp3) is 0.583. The van der Waals surface area contributed by atoms with Crippen LogP contribution in [0.25, 0.3) is 10.3 Å². The quantitative estimate of drug-likeness (QED) is 0.808. The predicted molar refractivity (Wildman–Crippen MR) is 79.2 cm³/mol. The van der Waals surface area contributed by atoms with E-state index in [2.05, 4.69) is 19.9 Å². The molecule has 1 unspecified atom stereocenters. The zero-order valence-electron chi connectivity index (χ0n) is 11.0. The molecule has 0 bridgehead atoms. The van der Waals surface area contributed by atoms with Gasteiger partial charge >= 0.3 is 0 Å². The molecule has 2 aromatic rings. The molecule has 2 aromatic heterocycles. The van der Waals surface area contributed by atoms with E-state index in [1.165, 1.54) is 6.42 Å². The van der Waals surface area contributed by atoms with Crippen molar-refractivity contribution in [3.8, 4) is 0 Å². The third-order valence-electron chi connectivity index (χ3n) is 3.34. The van der Waals surface area contributed by atoms with Gasteiger partial charge in [-0.15, -0.1) is 11.3 Å². The minimum absolute atomic E-state index is 0.419. The zero-order valence-corrected chi connectivity index (χ0v) is 12.6. The number of hydrogen-bond donors (Lipinski definition) is 0. The smallest absolute Gasteiger partial charge is 0.176 e. The lowest BCUT2D eigenvalue weighted by atomic mass is 10.2. The summed E-state index contributed by atoms with van der Waals surface area (Å²) in [5.41, 5.74) is 0.808. The predicted octanol–water partition coefficient (Wildman–Crippen LogP) is 2.42. The van der Waals surface area contributed by atoms with E-state index >= 15 is 0 Å². The van der Waals surface area contributed by atoms with Gasteiger partial charge in [-0.05, 0) is 19.1 Å². The molecule has 0 amide bonds. The van der Waals surface area contributed by atoms with E-state index < -0.39 is 0 Å². The first-order chi connectivity index (χ1) is 9.33. The van der Waals surface area contributed by atoms with Crippen molar-refractivity contribution in [2.24, 2.45) is 0 Å². The summed E-state index contributed by atoms with van der Waals surface area (Å²) in [4.78, 5) is 15.6. The first-order valence-electron chi connectivity index (χ1n) is 6.24. The van der Waals surface area contributed by atoms with Crippen LogP contribution in [0.15, 0.2) is 10.7 Å². The Morgan fingerprint density at radius 2 is 2.42 bits per heavy atom. The summed E-state index contributed by atoms with van der Waals surface area (Å²) in [6.07, 6.45) is 6.00. The van der Waals surface area contributed by atoms with Crippen molar-refractivity contribution in [1.29, 1.82) is 0 Å². The number of aromatic nitrogens is 3. The zero-order chi connectivity index (χ0) is 13.2. The monoisotopic (exact) mass is 296 g/mol. The standard InChI is InChI=1S/C12H16N4OS2/c1-17-6-8-4-3-5-16(8)11-9-10(13-7-14-11)15-12(18-2)19-9/h7-8H,3-6H2,1-2H3. The number of nitrogens with zero attached hydrogens (tertiary/aromatic N) is 4. The van der Waals surface area contributed by atoms with Crippen molar-refractivity contribution < 1.29 is 4.74 Å². The summed E-state index contributed by atoms with van der Waals surface area (Å²) < 4.78 is 7.45. The van der Waals surface area contributed by atoms with Crippen molar-refractivity contribution in [3.63, 3.8) is 0 Å². The highest BCUT2D eigenvalue weighted by atomic mass is 32.2. The lowest BCUT2D eigenvalue weighted by molar-refractivity contribution is 0.180. The maximum atomic E-state index is 5.31. The lowest BCUT2D eigenvalue weighted by Crippen LogP contribution is -2.33. The molecule has 1 atom stereocenters. The van der Waals surface area contributed by atoms with Gasteiger partial charge in [0.25, 0.3) is 0 Å². The number of thioether (sulfide) groups is 1. The number of rotatable bonds is 4. The van der Waals surface area contributed by atoms with E-state index in [-0.39, 0.29) is 0 Å². The summed E-state index contributed by atoms with van der Waals surface area (Å²) >= 11 is 3.33. The van der Waals surface area contributed by atoms with E-state index in [0.29, 0.717) is 6.04 Å². The summed E-state index contributed by atoms with van der Waals surface area (Å²) in [5, 5.41) is 0. The van der Waals surface area contributed by atoms with Gasteiger partial charge in [0.1, 0.15) is 11.0 Å². The molecule has 5 nitrogen and oxygen atoms in total. The van der Waals surface area contributed by atoms with Gasteiger partial charge < -0.3 is 9.64 Å². The van der Waals surface area contributed by atoms with Crippen LogP contribution in [-0.4, -0.2) is 47.5 Å². The van der Waals surface area contributed by atoms with Crippen LogP contribution in [0.2, 0.25) is 0 Å². The number of thiazole rings is 1. The first kappa shape index (κ1) is 13.1. The average Bonchev–Trinajstić information content (AvgIpc) is 3.04. The number of hydrogen-bond acceptors (Lipinski definition) is 7. The highest BCUT2D eigenvalue weighted by Crippen LogP contribution is 2.35. The third kappa shape index (κ3) is 2.42. The van der Waals surface area contributed by atoms with Crippen molar-refractivity contribution in [2.45, 2.75) is 23.2 Å². The fourth-order valence-electron chi connectivity index (χ4n) is 2.50. The maximum Gasteiger partial charge on any atom is 0.176 e. The second kappa shape index (κ2) is 5.60. The van der Waals surface area contributed by atoms with Crippen molar-refractivity contribution in [2.75, 3.05) is 31.4 Å². The van der Waals surface area contributed by atoms with Crippen LogP contribution >= 0.6 is 23.1 Å². The molecule has 3 rings (SSSR count). The van der Waals surface area contributed by atoms with Crippen LogP contribution in [0, 0.1) is 0 Å². The van der Waals surface area contributed by atoms with E-state index in [4.69, 9.17) is 4.74 Å². The Morgan fingerprint density at radius 3 is 3.21 bits per heavy atom. The number of fused-ring (bicyclic) bond motifs is 1. The molecule has 7 heteroatoms. The Labute approximate surface area is 120 Å². The molecule has 3 heterocycles.